The fraction of sp³-hybridized carbons (Fsp3) is 0.364. The van der Waals surface area contributed by atoms with Crippen LogP contribution in [0.2, 0.25) is 0 Å². The summed E-state index contributed by atoms with van der Waals surface area (Å²) in [5.74, 6) is 0.0989. The van der Waals surface area contributed by atoms with Crippen molar-refractivity contribution in [2.75, 3.05) is 17.2 Å². The molecule has 1 amide bonds. The van der Waals surface area contributed by atoms with Gasteiger partial charge in [0, 0.05) is 22.4 Å². The highest BCUT2D eigenvalue weighted by atomic mass is 79.9. The first-order chi connectivity index (χ1) is 7.06. The van der Waals surface area contributed by atoms with Crippen molar-refractivity contribution in [2.24, 2.45) is 0 Å². The smallest absolute Gasteiger partial charge is 0.234 e. The number of rotatable bonds is 1. The van der Waals surface area contributed by atoms with Crippen LogP contribution in [0, 0.1) is 0 Å². The van der Waals surface area contributed by atoms with Gasteiger partial charge in [-0.2, -0.15) is 0 Å². The van der Waals surface area contributed by atoms with Crippen LogP contribution in [-0.4, -0.2) is 12.5 Å². The maximum absolute atomic E-state index is 11.9. The van der Waals surface area contributed by atoms with Gasteiger partial charge >= 0.3 is 0 Å². The largest absolute Gasteiger partial charge is 0.398 e. The first-order valence-corrected chi connectivity index (χ1v) is 5.75. The molecule has 1 unspecified atom stereocenters. The quantitative estimate of drug-likeness (QED) is 0.796. The molecule has 0 saturated heterocycles. The van der Waals surface area contributed by atoms with Gasteiger partial charge in [-0.05, 0) is 47.5 Å². The number of amides is 1. The van der Waals surface area contributed by atoms with Gasteiger partial charge in [-0.15, -0.1) is 0 Å². The van der Waals surface area contributed by atoms with E-state index in [1.165, 1.54) is 0 Å². The minimum Gasteiger partial charge on any atom is -0.398 e. The van der Waals surface area contributed by atoms with E-state index in [2.05, 4.69) is 15.9 Å². The number of anilines is 2. The Labute approximate surface area is 97.4 Å². The number of nitrogens with zero attached hydrogens (tertiary/aromatic N) is 1. The molecule has 0 spiro atoms. The van der Waals surface area contributed by atoms with E-state index < -0.39 is 0 Å². The predicted octanol–water partition coefficient (Wildman–Crippen LogP) is 2.50. The van der Waals surface area contributed by atoms with Crippen molar-refractivity contribution < 1.29 is 4.79 Å². The molecule has 1 aliphatic rings. The van der Waals surface area contributed by atoms with Crippen molar-refractivity contribution in [2.45, 2.75) is 19.8 Å². The second-order valence-corrected chi connectivity index (χ2v) is 4.59. The lowest BCUT2D eigenvalue weighted by Crippen LogP contribution is -2.27. The molecule has 1 aromatic carbocycles. The minimum absolute atomic E-state index is 0.0585. The van der Waals surface area contributed by atoms with Gasteiger partial charge in [0.25, 0.3) is 0 Å². The molecule has 15 heavy (non-hydrogen) atoms. The van der Waals surface area contributed by atoms with Gasteiger partial charge in [0.05, 0.1) is 5.92 Å². The van der Waals surface area contributed by atoms with E-state index >= 15 is 0 Å². The zero-order valence-electron chi connectivity index (χ0n) is 8.75. The maximum atomic E-state index is 11.9. The van der Waals surface area contributed by atoms with Crippen LogP contribution >= 0.6 is 15.9 Å². The zero-order chi connectivity index (χ0) is 11.2. The first-order valence-electron chi connectivity index (χ1n) is 4.96. The summed E-state index contributed by atoms with van der Waals surface area (Å²) >= 11 is 3.38. The highest BCUT2D eigenvalue weighted by Crippen LogP contribution is 2.40. The summed E-state index contributed by atoms with van der Waals surface area (Å²) in [7, 11) is 0. The van der Waals surface area contributed by atoms with Crippen LogP contribution in [0.1, 0.15) is 25.3 Å². The summed E-state index contributed by atoms with van der Waals surface area (Å²) in [6.45, 7) is 4.59. The average molecular weight is 269 g/mol. The zero-order valence-corrected chi connectivity index (χ0v) is 10.3. The first kappa shape index (κ1) is 10.5. The Morgan fingerprint density at radius 2 is 2.20 bits per heavy atom. The van der Waals surface area contributed by atoms with Crippen LogP contribution in [-0.2, 0) is 4.79 Å². The average Bonchev–Trinajstić information content (AvgIpc) is 2.42. The van der Waals surface area contributed by atoms with Crippen molar-refractivity contribution in [3.05, 3.63) is 22.2 Å². The van der Waals surface area contributed by atoms with Gasteiger partial charge in [0.2, 0.25) is 5.91 Å². The maximum Gasteiger partial charge on any atom is 0.234 e. The van der Waals surface area contributed by atoms with Gasteiger partial charge in [-0.25, -0.2) is 0 Å². The molecule has 1 heterocycles. The van der Waals surface area contributed by atoms with Crippen LogP contribution in [0.4, 0.5) is 11.4 Å². The summed E-state index contributed by atoms with van der Waals surface area (Å²) in [5.41, 5.74) is 8.50. The summed E-state index contributed by atoms with van der Waals surface area (Å²) < 4.78 is 0.860. The highest BCUT2D eigenvalue weighted by Gasteiger charge is 2.33. The lowest BCUT2D eigenvalue weighted by molar-refractivity contribution is -0.118. The minimum atomic E-state index is -0.0585. The standard InChI is InChI=1S/C11H13BrN2O/c1-3-14-10-5-9(13)8(12)4-7(10)6(2)11(14)15/h4-6H,3,13H2,1-2H3. The molecule has 80 valence electrons. The number of hydrogen-bond donors (Lipinski definition) is 1. The lowest BCUT2D eigenvalue weighted by atomic mass is 10.0. The number of nitrogen functional groups attached to an aromatic ring is 1. The molecule has 0 aromatic heterocycles. The molecule has 2 N–H and O–H groups in total. The number of benzene rings is 1. The van der Waals surface area contributed by atoms with Gasteiger partial charge in [0.1, 0.15) is 0 Å². The summed E-state index contributed by atoms with van der Waals surface area (Å²) in [6, 6.07) is 3.81. The lowest BCUT2D eigenvalue weighted by Gasteiger charge is -2.15. The van der Waals surface area contributed by atoms with Crippen LogP contribution in [0.5, 0.6) is 0 Å². The number of fused-ring (bicyclic) bond motifs is 1. The Bertz CT molecular complexity index is 431. The molecule has 1 aromatic rings. The van der Waals surface area contributed by atoms with Gasteiger partial charge in [0.15, 0.2) is 0 Å². The second kappa shape index (κ2) is 3.52. The van der Waals surface area contributed by atoms with Crippen LogP contribution in [0.3, 0.4) is 0 Å². The summed E-state index contributed by atoms with van der Waals surface area (Å²) in [6.07, 6.45) is 0. The molecule has 1 aliphatic heterocycles. The molecule has 0 radical (unpaired) electrons. The molecule has 3 nitrogen and oxygen atoms in total. The van der Waals surface area contributed by atoms with Crippen molar-refractivity contribution in [3.8, 4) is 0 Å². The molecule has 0 fully saturated rings. The van der Waals surface area contributed by atoms with E-state index in [1.54, 1.807) is 4.90 Å². The predicted molar refractivity (Wildman–Crippen MR) is 65.0 cm³/mol. The van der Waals surface area contributed by atoms with Crippen molar-refractivity contribution in [1.82, 2.24) is 0 Å². The van der Waals surface area contributed by atoms with Crippen LogP contribution in [0.15, 0.2) is 16.6 Å². The topological polar surface area (TPSA) is 46.3 Å². The molecule has 0 saturated carbocycles. The molecule has 0 aliphatic carbocycles. The van der Waals surface area contributed by atoms with Gasteiger partial charge < -0.3 is 10.6 Å². The van der Waals surface area contributed by atoms with Crippen LogP contribution < -0.4 is 10.6 Å². The van der Waals surface area contributed by atoms with Crippen molar-refractivity contribution in [1.29, 1.82) is 0 Å². The fourth-order valence-corrected chi connectivity index (χ4v) is 2.35. The third-order valence-corrected chi connectivity index (χ3v) is 3.54. The van der Waals surface area contributed by atoms with E-state index in [4.69, 9.17) is 5.73 Å². The Morgan fingerprint density at radius 1 is 1.53 bits per heavy atom. The summed E-state index contributed by atoms with van der Waals surface area (Å²) in [4.78, 5) is 13.7. The number of likely N-dealkylation sites (N-methyl/N-ethyl adjacent to an activating group) is 1. The van der Waals surface area contributed by atoms with Gasteiger partial charge in [-0.1, -0.05) is 0 Å². The SMILES string of the molecule is CCN1C(=O)C(C)c2cc(Br)c(N)cc21. The Kier molecular flexibility index (Phi) is 2.46. The van der Waals surface area contributed by atoms with Crippen molar-refractivity contribution >= 4 is 33.2 Å². The normalized spacial score (nSPS) is 19.5. The number of hydrogen-bond acceptors (Lipinski definition) is 2. The molecule has 2 rings (SSSR count). The Hall–Kier alpha value is -1.03. The number of carbonyl (C=O) groups excluding carboxylic acids is 1. The highest BCUT2D eigenvalue weighted by molar-refractivity contribution is 9.10. The van der Waals surface area contributed by atoms with E-state index in [0.717, 1.165) is 15.7 Å². The summed E-state index contributed by atoms with van der Waals surface area (Å²) in [5, 5.41) is 0. The Balaban J connectivity index is 2.61. The third-order valence-electron chi connectivity index (χ3n) is 2.86. The van der Waals surface area contributed by atoms with E-state index in [9.17, 15) is 4.79 Å². The number of carbonyl (C=O) groups is 1. The molecular weight excluding hydrogens is 256 g/mol. The van der Waals surface area contributed by atoms with Crippen LogP contribution in [0.25, 0.3) is 0 Å². The monoisotopic (exact) mass is 268 g/mol. The van der Waals surface area contributed by atoms with E-state index in [0.29, 0.717) is 12.2 Å². The molecular formula is C11H13BrN2O. The fourth-order valence-electron chi connectivity index (χ4n) is 1.99. The second-order valence-electron chi connectivity index (χ2n) is 3.74. The molecule has 4 heteroatoms. The number of nitrogens with two attached hydrogens (primary N) is 1. The van der Waals surface area contributed by atoms with E-state index in [1.807, 2.05) is 26.0 Å². The van der Waals surface area contributed by atoms with Crippen molar-refractivity contribution in [3.63, 3.8) is 0 Å². The Morgan fingerprint density at radius 3 is 2.80 bits per heavy atom. The van der Waals surface area contributed by atoms with Gasteiger partial charge in [-0.3, -0.25) is 4.79 Å². The molecule has 0 bridgehead atoms. The van der Waals surface area contributed by atoms with E-state index in [-0.39, 0.29) is 11.8 Å². The number of halogens is 1. The molecule has 1 atom stereocenters. The third kappa shape index (κ3) is 1.44.